The quantitative estimate of drug-likeness (QED) is 0.881. The van der Waals surface area contributed by atoms with Gasteiger partial charge in [0.15, 0.2) is 0 Å². The van der Waals surface area contributed by atoms with Crippen LogP contribution in [0.1, 0.15) is 35.8 Å². The van der Waals surface area contributed by atoms with Crippen LogP contribution in [-0.4, -0.2) is 28.8 Å². The van der Waals surface area contributed by atoms with Crippen LogP contribution >= 0.6 is 0 Å². The summed E-state index contributed by atoms with van der Waals surface area (Å²) in [6.45, 7) is 4.25. The van der Waals surface area contributed by atoms with Crippen LogP contribution in [0.5, 0.6) is 0 Å². The van der Waals surface area contributed by atoms with E-state index in [-0.39, 0.29) is 11.6 Å². The number of hydrogen-bond donors (Lipinski definition) is 1. The van der Waals surface area contributed by atoms with Crippen molar-refractivity contribution in [3.63, 3.8) is 0 Å². The number of carbonyl (C=O) groups excluding carboxylic acids is 1. The Hall–Kier alpha value is -2.43. The molecule has 2 aromatic heterocycles. The minimum Gasteiger partial charge on any atom is -0.383 e. The van der Waals surface area contributed by atoms with Crippen LogP contribution in [0.3, 0.4) is 0 Å². The van der Waals surface area contributed by atoms with E-state index in [9.17, 15) is 4.79 Å². The van der Waals surface area contributed by atoms with Crippen LogP contribution in [0.2, 0.25) is 0 Å². The fourth-order valence-corrected chi connectivity index (χ4v) is 2.71. The molecule has 0 amide bonds. The number of ketones is 1. The first-order chi connectivity index (χ1) is 10.6. The molecular formula is C17H20N4O. The van der Waals surface area contributed by atoms with Gasteiger partial charge in [-0.15, -0.1) is 0 Å². The fraction of sp³-hybridized carbons (Fsp3) is 0.353. The molecular weight excluding hydrogens is 276 g/mol. The summed E-state index contributed by atoms with van der Waals surface area (Å²) in [4.78, 5) is 23.3. The van der Waals surface area contributed by atoms with Gasteiger partial charge in [0.05, 0.1) is 5.56 Å². The molecule has 22 heavy (non-hydrogen) atoms. The number of carbonyl (C=O) groups is 1. The van der Waals surface area contributed by atoms with Crippen LogP contribution < -0.4 is 10.6 Å². The molecule has 0 radical (unpaired) electrons. The predicted molar refractivity (Wildman–Crippen MR) is 86.9 cm³/mol. The zero-order chi connectivity index (χ0) is 15.5. The fourth-order valence-electron chi connectivity index (χ4n) is 2.71. The van der Waals surface area contributed by atoms with Gasteiger partial charge in [-0.2, -0.15) is 0 Å². The zero-order valence-corrected chi connectivity index (χ0v) is 12.7. The van der Waals surface area contributed by atoms with Gasteiger partial charge >= 0.3 is 0 Å². The van der Waals surface area contributed by atoms with Gasteiger partial charge < -0.3 is 10.6 Å². The molecule has 0 saturated carbocycles. The molecule has 1 saturated heterocycles. The average molecular weight is 296 g/mol. The van der Waals surface area contributed by atoms with Crippen molar-refractivity contribution in [3.8, 4) is 0 Å². The molecule has 0 aliphatic carbocycles. The first kappa shape index (κ1) is 14.5. The maximum atomic E-state index is 12.6. The van der Waals surface area contributed by atoms with Crippen molar-refractivity contribution in [1.29, 1.82) is 0 Å². The van der Waals surface area contributed by atoms with E-state index in [1.807, 2.05) is 12.1 Å². The third-order valence-corrected chi connectivity index (χ3v) is 4.16. The van der Waals surface area contributed by atoms with Gasteiger partial charge in [-0.05, 0) is 43.0 Å². The molecule has 0 spiro atoms. The molecule has 1 fully saturated rings. The average Bonchev–Trinajstić information content (AvgIpc) is 2.55. The Morgan fingerprint density at radius 3 is 2.73 bits per heavy atom. The summed E-state index contributed by atoms with van der Waals surface area (Å²) in [5.41, 5.74) is 6.60. The molecule has 1 aliphatic rings. The normalized spacial score (nSPS) is 15.8. The number of piperidine rings is 1. The molecule has 0 aromatic carbocycles. The van der Waals surface area contributed by atoms with Crippen LogP contribution in [-0.2, 0) is 0 Å². The van der Waals surface area contributed by atoms with Crippen molar-refractivity contribution in [3.05, 3.63) is 47.8 Å². The Morgan fingerprint density at radius 2 is 2.00 bits per heavy atom. The number of nitrogens with two attached hydrogens (primary N) is 1. The third-order valence-electron chi connectivity index (χ3n) is 4.16. The van der Waals surface area contributed by atoms with Crippen LogP contribution in [0.4, 0.5) is 11.6 Å². The van der Waals surface area contributed by atoms with E-state index < -0.39 is 0 Å². The minimum atomic E-state index is -0.183. The molecule has 5 heteroatoms. The van der Waals surface area contributed by atoms with Crippen LogP contribution in [0, 0.1) is 5.92 Å². The number of anilines is 2. The lowest BCUT2D eigenvalue weighted by molar-refractivity contribution is 0.103. The standard InChI is InChI=1S/C17H20N4O/c1-12-7-10-21(11-8-12)15-6-2-5-14(20-15)16(22)13-4-3-9-19-17(13)18/h2-6,9,12H,7-8,10-11H2,1H3,(H2,18,19). The smallest absolute Gasteiger partial charge is 0.215 e. The number of hydrogen-bond acceptors (Lipinski definition) is 5. The van der Waals surface area contributed by atoms with Gasteiger partial charge in [0.2, 0.25) is 5.78 Å². The minimum absolute atomic E-state index is 0.183. The first-order valence-electron chi connectivity index (χ1n) is 7.62. The second-order valence-corrected chi connectivity index (χ2v) is 5.82. The van der Waals surface area contributed by atoms with Crippen molar-refractivity contribution < 1.29 is 4.79 Å². The van der Waals surface area contributed by atoms with Crippen molar-refractivity contribution in [2.24, 2.45) is 5.92 Å². The summed E-state index contributed by atoms with van der Waals surface area (Å²) in [6.07, 6.45) is 3.90. The second kappa shape index (κ2) is 6.13. The van der Waals surface area contributed by atoms with Gasteiger partial charge in [-0.1, -0.05) is 13.0 Å². The summed E-state index contributed by atoms with van der Waals surface area (Å²) in [5, 5.41) is 0. The number of aromatic nitrogens is 2. The maximum absolute atomic E-state index is 12.6. The lowest BCUT2D eigenvalue weighted by Crippen LogP contribution is -2.33. The molecule has 0 unspecified atom stereocenters. The third kappa shape index (κ3) is 2.93. The first-order valence-corrected chi connectivity index (χ1v) is 7.62. The molecule has 0 atom stereocenters. The maximum Gasteiger partial charge on any atom is 0.215 e. The van der Waals surface area contributed by atoms with Gasteiger partial charge in [0, 0.05) is 19.3 Å². The molecule has 1 aliphatic heterocycles. The molecule has 2 aromatic rings. The largest absolute Gasteiger partial charge is 0.383 e. The van der Waals surface area contributed by atoms with Crippen molar-refractivity contribution in [2.45, 2.75) is 19.8 Å². The Morgan fingerprint density at radius 1 is 1.23 bits per heavy atom. The molecule has 3 heterocycles. The molecule has 0 bridgehead atoms. The van der Waals surface area contributed by atoms with E-state index in [4.69, 9.17) is 5.73 Å². The summed E-state index contributed by atoms with van der Waals surface area (Å²) in [5.74, 6) is 1.68. The number of nitrogens with zero attached hydrogens (tertiary/aromatic N) is 3. The second-order valence-electron chi connectivity index (χ2n) is 5.82. The Bertz CT molecular complexity index is 678. The zero-order valence-electron chi connectivity index (χ0n) is 12.7. The van der Waals surface area contributed by atoms with E-state index in [0.717, 1.165) is 37.7 Å². The number of pyridine rings is 2. The highest BCUT2D eigenvalue weighted by molar-refractivity contribution is 6.10. The molecule has 5 nitrogen and oxygen atoms in total. The van der Waals surface area contributed by atoms with Gasteiger partial charge in [-0.3, -0.25) is 4.79 Å². The number of nitrogen functional groups attached to an aromatic ring is 1. The Balaban J connectivity index is 1.85. The Labute approximate surface area is 130 Å². The SMILES string of the molecule is CC1CCN(c2cccc(C(=O)c3cccnc3N)n2)CC1. The van der Waals surface area contributed by atoms with E-state index in [1.165, 1.54) is 0 Å². The van der Waals surface area contributed by atoms with Crippen molar-refractivity contribution >= 4 is 17.4 Å². The topological polar surface area (TPSA) is 72.1 Å². The predicted octanol–water partition coefficient (Wildman–Crippen LogP) is 2.53. The lowest BCUT2D eigenvalue weighted by Gasteiger charge is -2.31. The van der Waals surface area contributed by atoms with E-state index in [1.54, 1.807) is 24.4 Å². The monoisotopic (exact) mass is 296 g/mol. The molecule has 2 N–H and O–H groups in total. The van der Waals surface area contributed by atoms with Crippen molar-refractivity contribution in [2.75, 3.05) is 23.7 Å². The van der Waals surface area contributed by atoms with Crippen molar-refractivity contribution in [1.82, 2.24) is 9.97 Å². The van der Waals surface area contributed by atoms with Crippen LogP contribution in [0.25, 0.3) is 0 Å². The van der Waals surface area contributed by atoms with Gasteiger partial charge in [-0.25, -0.2) is 9.97 Å². The van der Waals surface area contributed by atoms with E-state index >= 15 is 0 Å². The highest BCUT2D eigenvalue weighted by Crippen LogP contribution is 2.22. The summed E-state index contributed by atoms with van der Waals surface area (Å²) >= 11 is 0. The van der Waals surface area contributed by atoms with E-state index in [2.05, 4.69) is 21.8 Å². The van der Waals surface area contributed by atoms with Gasteiger partial charge in [0.1, 0.15) is 17.3 Å². The Kier molecular flexibility index (Phi) is 4.04. The lowest BCUT2D eigenvalue weighted by atomic mass is 9.99. The summed E-state index contributed by atoms with van der Waals surface area (Å²) in [6, 6.07) is 8.95. The highest BCUT2D eigenvalue weighted by Gasteiger charge is 2.19. The highest BCUT2D eigenvalue weighted by atomic mass is 16.1. The molecule has 114 valence electrons. The molecule has 3 rings (SSSR count). The number of rotatable bonds is 3. The van der Waals surface area contributed by atoms with E-state index in [0.29, 0.717) is 11.3 Å². The summed E-state index contributed by atoms with van der Waals surface area (Å²) < 4.78 is 0. The summed E-state index contributed by atoms with van der Waals surface area (Å²) in [7, 11) is 0. The van der Waals surface area contributed by atoms with Crippen LogP contribution in [0.15, 0.2) is 36.5 Å². The van der Waals surface area contributed by atoms with Gasteiger partial charge in [0.25, 0.3) is 0 Å².